The Morgan fingerprint density at radius 3 is 2.80 bits per heavy atom. The van der Waals surface area contributed by atoms with Crippen molar-refractivity contribution in [1.82, 2.24) is 19.9 Å². The standard InChI is InChI=1S/C16H15F3N4OS/c1-9(6-11-4-3-5-25-11)21-15(24)12-8-14-20-10(2)7-13(16(17,18)19)23(14)22-12/h3-5,7-9H,6H2,1-2H3,(H,21,24)/t9-/m0/s1. The van der Waals surface area contributed by atoms with E-state index in [-0.39, 0.29) is 23.1 Å². The fourth-order valence-corrected chi connectivity index (χ4v) is 3.33. The molecule has 9 heteroatoms. The number of carbonyl (C=O) groups is 1. The third-order valence-corrected chi connectivity index (χ3v) is 4.44. The van der Waals surface area contributed by atoms with Crippen LogP contribution in [0.4, 0.5) is 13.2 Å². The van der Waals surface area contributed by atoms with E-state index < -0.39 is 17.8 Å². The summed E-state index contributed by atoms with van der Waals surface area (Å²) in [6.07, 6.45) is -3.94. The Labute approximate surface area is 145 Å². The van der Waals surface area contributed by atoms with Gasteiger partial charge in [0.15, 0.2) is 11.3 Å². The topological polar surface area (TPSA) is 59.3 Å². The van der Waals surface area contributed by atoms with Crippen molar-refractivity contribution in [3.63, 3.8) is 0 Å². The molecular formula is C16H15F3N4OS. The molecule has 0 spiro atoms. The summed E-state index contributed by atoms with van der Waals surface area (Å²) >= 11 is 1.58. The van der Waals surface area contributed by atoms with E-state index in [0.29, 0.717) is 10.9 Å². The zero-order chi connectivity index (χ0) is 18.2. The van der Waals surface area contributed by atoms with E-state index in [1.165, 1.54) is 13.0 Å². The van der Waals surface area contributed by atoms with Gasteiger partial charge in [0.1, 0.15) is 5.69 Å². The number of aromatic nitrogens is 3. The SMILES string of the molecule is Cc1cc(C(F)(F)F)n2nc(C(=O)N[C@@H](C)Cc3cccs3)cc2n1. The second kappa shape index (κ2) is 6.47. The van der Waals surface area contributed by atoms with Crippen LogP contribution in [0.2, 0.25) is 0 Å². The van der Waals surface area contributed by atoms with Crippen LogP contribution in [-0.2, 0) is 12.6 Å². The van der Waals surface area contributed by atoms with Crippen LogP contribution in [0.1, 0.15) is 33.7 Å². The lowest BCUT2D eigenvalue weighted by Crippen LogP contribution is -2.34. The number of thiophene rings is 1. The first-order valence-electron chi connectivity index (χ1n) is 7.52. The van der Waals surface area contributed by atoms with E-state index in [1.807, 2.05) is 24.4 Å². The maximum atomic E-state index is 13.1. The molecule has 0 saturated heterocycles. The second-order valence-corrected chi connectivity index (χ2v) is 6.77. The van der Waals surface area contributed by atoms with Gasteiger partial charge in [-0.3, -0.25) is 4.79 Å². The van der Waals surface area contributed by atoms with Crippen molar-refractivity contribution in [3.8, 4) is 0 Å². The molecule has 0 aromatic carbocycles. The van der Waals surface area contributed by atoms with E-state index in [1.54, 1.807) is 11.3 Å². The fraction of sp³-hybridized carbons (Fsp3) is 0.312. The largest absolute Gasteiger partial charge is 0.433 e. The van der Waals surface area contributed by atoms with Gasteiger partial charge in [-0.25, -0.2) is 9.50 Å². The van der Waals surface area contributed by atoms with Gasteiger partial charge in [0.25, 0.3) is 5.91 Å². The van der Waals surface area contributed by atoms with E-state index in [9.17, 15) is 18.0 Å². The third kappa shape index (κ3) is 3.81. The summed E-state index contributed by atoms with van der Waals surface area (Å²) in [5.41, 5.74) is -0.858. The summed E-state index contributed by atoms with van der Waals surface area (Å²) in [6, 6.07) is 5.87. The molecule has 0 saturated carbocycles. The van der Waals surface area contributed by atoms with E-state index >= 15 is 0 Å². The highest BCUT2D eigenvalue weighted by molar-refractivity contribution is 7.09. The van der Waals surface area contributed by atoms with Gasteiger partial charge in [0.05, 0.1) is 0 Å². The minimum atomic E-state index is -4.59. The lowest BCUT2D eigenvalue weighted by atomic mass is 10.2. The predicted molar refractivity (Wildman–Crippen MR) is 87.7 cm³/mol. The molecule has 3 aromatic heterocycles. The van der Waals surface area contributed by atoms with Crippen molar-refractivity contribution >= 4 is 22.9 Å². The molecule has 1 N–H and O–H groups in total. The maximum Gasteiger partial charge on any atom is 0.433 e. The van der Waals surface area contributed by atoms with Crippen molar-refractivity contribution in [3.05, 3.63) is 51.6 Å². The van der Waals surface area contributed by atoms with Crippen LogP contribution < -0.4 is 5.32 Å². The fourth-order valence-electron chi connectivity index (χ4n) is 2.49. The molecule has 1 atom stereocenters. The summed E-state index contributed by atoms with van der Waals surface area (Å²) in [5, 5.41) is 8.49. The molecule has 0 bridgehead atoms. The Morgan fingerprint density at radius 1 is 1.40 bits per heavy atom. The van der Waals surface area contributed by atoms with Gasteiger partial charge in [-0.05, 0) is 31.4 Å². The van der Waals surface area contributed by atoms with E-state index in [4.69, 9.17) is 0 Å². The molecule has 0 fully saturated rings. The predicted octanol–water partition coefficient (Wildman–Crippen LogP) is 3.48. The third-order valence-electron chi connectivity index (χ3n) is 3.54. The number of nitrogens with zero attached hydrogens (tertiary/aromatic N) is 3. The number of fused-ring (bicyclic) bond motifs is 1. The Morgan fingerprint density at radius 2 is 2.16 bits per heavy atom. The summed E-state index contributed by atoms with van der Waals surface area (Å²) in [4.78, 5) is 17.4. The minimum Gasteiger partial charge on any atom is -0.348 e. The number of carbonyl (C=O) groups excluding carboxylic acids is 1. The lowest BCUT2D eigenvalue weighted by molar-refractivity contribution is -0.142. The lowest BCUT2D eigenvalue weighted by Gasteiger charge is -2.11. The zero-order valence-electron chi connectivity index (χ0n) is 13.5. The molecule has 3 heterocycles. The average Bonchev–Trinajstić information content (AvgIpc) is 3.14. The first-order valence-corrected chi connectivity index (χ1v) is 8.40. The van der Waals surface area contributed by atoms with Crippen LogP contribution in [0, 0.1) is 6.92 Å². The summed E-state index contributed by atoms with van der Waals surface area (Å²) in [7, 11) is 0. The van der Waals surface area contributed by atoms with Gasteiger partial charge in [-0.1, -0.05) is 6.07 Å². The van der Waals surface area contributed by atoms with Crippen molar-refractivity contribution in [1.29, 1.82) is 0 Å². The van der Waals surface area contributed by atoms with Crippen LogP contribution in [0.15, 0.2) is 29.6 Å². The van der Waals surface area contributed by atoms with Crippen LogP contribution in [-0.4, -0.2) is 26.5 Å². The second-order valence-electron chi connectivity index (χ2n) is 5.74. The van der Waals surface area contributed by atoms with E-state index in [2.05, 4.69) is 15.4 Å². The quantitative estimate of drug-likeness (QED) is 0.767. The van der Waals surface area contributed by atoms with Gasteiger partial charge in [0, 0.05) is 29.1 Å². The number of nitrogens with one attached hydrogen (secondary N) is 1. The molecule has 0 radical (unpaired) electrons. The molecule has 0 aliphatic rings. The maximum absolute atomic E-state index is 13.1. The first kappa shape index (κ1) is 17.4. The van der Waals surface area contributed by atoms with Crippen molar-refractivity contribution in [2.45, 2.75) is 32.5 Å². The number of amides is 1. The van der Waals surface area contributed by atoms with Gasteiger partial charge in [-0.2, -0.15) is 18.3 Å². The first-order chi connectivity index (χ1) is 11.7. The normalized spacial score (nSPS) is 13.2. The molecule has 3 aromatic rings. The monoisotopic (exact) mass is 368 g/mol. The number of aryl methyl sites for hydroxylation is 1. The smallest absolute Gasteiger partial charge is 0.348 e. The van der Waals surface area contributed by atoms with Crippen LogP contribution in [0.5, 0.6) is 0 Å². The molecule has 25 heavy (non-hydrogen) atoms. The summed E-state index contributed by atoms with van der Waals surface area (Å²) < 4.78 is 40.1. The molecule has 0 aliphatic heterocycles. The Hall–Kier alpha value is -2.42. The summed E-state index contributed by atoms with van der Waals surface area (Å²) in [6.45, 7) is 3.29. The molecule has 0 unspecified atom stereocenters. The minimum absolute atomic E-state index is 0.0108. The van der Waals surface area contributed by atoms with Crippen LogP contribution in [0.3, 0.4) is 0 Å². The molecule has 132 valence electrons. The van der Waals surface area contributed by atoms with Crippen molar-refractivity contribution in [2.24, 2.45) is 0 Å². The van der Waals surface area contributed by atoms with Crippen molar-refractivity contribution < 1.29 is 18.0 Å². The molecule has 0 aliphatic carbocycles. The number of hydrogen-bond acceptors (Lipinski definition) is 4. The van der Waals surface area contributed by atoms with E-state index in [0.717, 1.165) is 10.9 Å². The number of rotatable bonds is 4. The zero-order valence-corrected chi connectivity index (χ0v) is 14.3. The van der Waals surface area contributed by atoms with Crippen LogP contribution in [0.25, 0.3) is 5.65 Å². The molecule has 1 amide bonds. The van der Waals surface area contributed by atoms with Crippen molar-refractivity contribution in [2.75, 3.05) is 0 Å². The Kier molecular flexibility index (Phi) is 4.51. The molecular weight excluding hydrogens is 353 g/mol. The Balaban J connectivity index is 1.85. The van der Waals surface area contributed by atoms with Crippen LogP contribution >= 0.6 is 11.3 Å². The van der Waals surface area contributed by atoms with Gasteiger partial charge in [-0.15, -0.1) is 11.3 Å². The highest BCUT2D eigenvalue weighted by atomic mass is 32.1. The van der Waals surface area contributed by atoms with Gasteiger partial charge >= 0.3 is 6.18 Å². The average molecular weight is 368 g/mol. The number of alkyl halides is 3. The highest BCUT2D eigenvalue weighted by Gasteiger charge is 2.35. The van der Waals surface area contributed by atoms with Gasteiger partial charge in [0.2, 0.25) is 0 Å². The number of halogens is 3. The summed E-state index contributed by atoms with van der Waals surface area (Å²) in [5.74, 6) is -0.527. The number of hydrogen-bond donors (Lipinski definition) is 1. The van der Waals surface area contributed by atoms with Gasteiger partial charge < -0.3 is 5.32 Å². The molecule has 5 nitrogen and oxygen atoms in total. The Bertz CT molecular complexity index is 902. The molecule has 3 rings (SSSR count). The highest BCUT2D eigenvalue weighted by Crippen LogP contribution is 2.29.